The first-order chi connectivity index (χ1) is 12.6. The van der Waals surface area contributed by atoms with Gasteiger partial charge >= 0.3 is 0 Å². The minimum absolute atomic E-state index is 0.000409. The van der Waals surface area contributed by atoms with E-state index in [1.165, 1.54) is 11.8 Å². The van der Waals surface area contributed by atoms with Gasteiger partial charge in [0.25, 0.3) is 0 Å². The Hall–Kier alpha value is -2.43. The minimum Gasteiger partial charge on any atom is -0.371 e. The summed E-state index contributed by atoms with van der Waals surface area (Å²) in [7, 11) is 0. The first-order valence-electron chi connectivity index (χ1n) is 9.29. The fraction of sp³-hybridized carbons (Fsp3) is 0.429. The Balaban J connectivity index is 1.38. The van der Waals surface area contributed by atoms with Gasteiger partial charge in [-0.05, 0) is 55.9 Å². The number of aryl methyl sites for hydroxylation is 2. The summed E-state index contributed by atoms with van der Waals surface area (Å²) >= 11 is 0. The van der Waals surface area contributed by atoms with Crippen LogP contribution >= 0.6 is 0 Å². The molecule has 1 fully saturated rings. The van der Waals surface area contributed by atoms with E-state index in [4.69, 9.17) is 0 Å². The molecule has 0 unspecified atom stereocenters. The van der Waals surface area contributed by atoms with Crippen LogP contribution in [0, 0.1) is 18.7 Å². The van der Waals surface area contributed by atoms with Crippen LogP contribution in [-0.2, 0) is 11.2 Å². The molecule has 1 aromatic heterocycles. The van der Waals surface area contributed by atoms with Crippen LogP contribution in [0.2, 0.25) is 0 Å². The second kappa shape index (κ2) is 8.79. The molecule has 2 aromatic rings. The number of rotatable bonds is 6. The molecule has 1 aliphatic rings. The van der Waals surface area contributed by atoms with Crippen molar-refractivity contribution >= 4 is 11.6 Å². The zero-order valence-electron chi connectivity index (χ0n) is 15.2. The van der Waals surface area contributed by atoms with Gasteiger partial charge < -0.3 is 10.2 Å². The number of nitrogens with one attached hydrogen (secondary N) is 1. The van der Waals surface area contributed by atoms with Crippen molar-refractivity contribution in [1.29, 1.82) is 0 Å². The summed E-state index contributed by atoms with van der Waals surface area (Å²) in [6.07, 6.45) is 4.75. The Morgan fingerprint density at radius 3 is 2.77 bits per heavy atom. The van der Waals surface area contributed by atoms with Gasteiger partial charge in [-0.2, -0.15) is 0 Å². The number of benzene rings is 1. The Morgan fingerprint density at radius 1 is 1.27 bits per heavy atom. The molecule has 3 rings (SSSR count). The van der Waals surface area contributed by atoms with Gasteiger partial charge in [0.1, 0.15) is 5.82 Å². The van der Waals surface area contributed by atoms with E-state index in [-0.39, 0.29) is 11.7 Å². The van der Waals surface area contributed by atoms with E-state index in [9.17, 15) is 9.18 Å². The van der Waals surface area contributed by atoms with Crippen LogP contribution in [0.25, 0.3) is 0 Å². The number of pyridine rings is 1. The number of aromatic nitrogens is 1. The van der Waals surface area contributed by atoms with Gasteiger partial charge in [0.15, 0.2) is 0 Å². The molecule has 1 N–H and O–H groups in total. The monoisotopic (exact) mass is 355 g/mol. The van der Waals surface area contributed by atoms with Gasteiger partial charge in [-0.1, -0.05) is 18.2 Å². The minimum atomic E-state index is -0.237. The predicted molar refractivity (Wildman–Crippen MR) is 102 cm³/mol. The van der Waals surface area contributed by atoms with Crippen molar-refractivity contribution in [3.8, 4) is 0 Å². The van der Waals surface area contributed by atoms with E-state index >= 15 is 0 Å². The smallest absolute Gasteiger partial charge is 0.220 e. The molecule has 1 saturated heterocycles. The van der Waals surface area contributed by atoms with E-state index in [1.54, 1.807) is 18.2 Å². The average molecular weight is 355 g/mol. The molecule has 0 saturated carbocycles. The van der Waals surface area contributed by atoms with Crippen LogP contribution in [-0.4, -0.2) is 30.5 Å². The summed E-state index contributed by atoms with van der Waals surface area (Å²) in [6, 6.07) is 10.8. The highest BCUT2D eigenvalue weighted by Crippen LogP contribution is 2.23. The number of carbonyl (C=O) groups is 1. The molecular formula is C21H26FN3O. The highest BCUT2D eigenvalue weighted by molar-refractivity contribution is 5.76. The van der Waals surface area contributed by atoms with E-state index in [1.807, 2.05) is 13.1 Å². The summed E-state index contributed by atoms with van der Waals surface area (Å²) in [4.78, 5) is 18.7. The van der Waals surface area contributed by atoms with Gasteiger partial charge in [0.2, 0.25) is 5.91 Å². The van der Waals surface area contributed by atoms with Crippen molar-refractivity contribution in [2.24, 2.45) is 5.92 Å². The van der Waals surface area contributed by atoms with Gasteiger partial charge in [0, 0.05) is 43.6 Å². The fourth-order valence-corrected chi connectivity index (χ4v) is 3.42. The molecule has 0 atom stereocenters. The van der Waals surface area contributed by atoms with Crippen LogP contribution in [0.15, 0.2) is 42.6 Å². The molecule has 26 heavy (non-hydrogen) atoms. The highest BCUT2D eigenvalue weighted by atomic mass is 19.1. The lowest BCUT2D eigenvalue weighted by Gasteiger charge is -2.33. The van der Waals surface area contributed by atoms with E-state index in [0.29, 0.717) is 30.9 Å². The van der Waals surface area contributed by atoms with E-state index in [0.717, 1.165) is 31.6 Å². The van der Waals surface area contributed by atoms with Crippen molar-refractivity contribution in [1.82, 2.24) is 10.3 Å². The number of piperidine rings is 1. The topological polar surface area (TPSA) is 45.2 Å². The Morgan fingerprint density at radius 2 is 2.04 bits per heavy atom. The normalized spacial score (nSPS) is 15.1. The van der Waals surface area contributed by atoms with Crippen LogP contribution in [0.1, 0.15) is 30.5 Å². The summed E-state index contributed by atoms with van der Waals surface area (Å²) in [5, 5.41) is 3.02. The number of amides is 1. The van der Waals surface area contributed by atoms with Crippen molar-refractivity contribution in [3.05, 3.63) is 59.7 Å². The summed E-state index contributed by atoms with van der Waals surface area (Å²) in [5.41, 5.74) is 2.86. The Bertz CT molecular complexity index is 742. The molecule has 5 heteroatoms. The zero-order chi connectivity index (χ0) is 18.4. The van der Waals surface area contributed by atoms with Crippen molar-refractivity contribution in [2.75, 3.05) is 24.5 Å². The molecule has 0 aliphatic carbocycles. The number of hydrogen-bond acceptors (Lipinski definition) is 3. The van der Waals surface area contributed by atoms with Crippen LogP contribution < -0.4 is 10.2 Å². The van der Waals surface area contributed by atoms with Crippen LogP contribution in [0.4, 0.5) is 10.1 Å². The third kappa shape index (κ3) is 5.04. The van der Waals surface area contributed by atoms with Crippen molar-refractivity contribution in [2.45, 2.75) is 32.6 Å². The quantitative estimate of drug-likeness (QED) is 0.863. The van der Waals surface area contributed by atoms with Crippen LogP contribution in [0.3, 0.4) is 0 Å². The summed E-state index contributed by atoms with van der Waals surface area (Å²) < 4.78 is 13.6. The standard InChI is InChI=1S/C21H26FN3O/c1-16-14-19(8-11-23-16)25-12-9-17(10-13-25)15-24-21(26)7-6-18-4-2-3-5-20(18)22/h2-5,8,11,14,17H,6-7,9-10,12-13,15H2,1H3,(H,24,26). The maximum absolute atomic E-state index is 13.6. The Kier molecular flexibility index (Phi) is 6.21. The average Bonchev–Trinajstić information content (AvgIpc) is 2.66. The third-order valence-electron chi connectivity index (χ3n) is 5.03. The van der Waals surface area contributed by atoms with Crippen molar-refractivity contribution < 1.29 is 9.18 Å². The molecule has 1 aromatic carbocycles. The lowest BCUT2D eigenvalue weighted by Crippen LogP contribution is -2.38. The molecule has 2 heterocycles. The number of hydrogen-bond donors (Lipinski definition) is 1. The third-order valence-corrected chi connectivity index (χ3v) is 5.03. The lowest BCUT2D eigenvalue weighted by molar-refractivity contribution is -0.121. The second-order valence-corrected chi connectivity index (χ2v) is 6.98. The molecule has 1 amide bonds. The molecule has 4 nitrogen and oxygen atoms in total. The summed E-state index contributed by atoms with van der Waals surface area (Å²) in [6.45, 7) is 4.71. The van der Waals surface area contributed by atoms with E-state index in [2.05, 4.69) is 27.3 Å². The number of carbonyl (C=O) groups excluding carboxylic acids is 1. The Labute approximate surface area is 154 Å². The van der Waals surface area contributed by atoms with Crippen LogP contribution in [0.5, 0.6) is 0 Å². The molecule has 138 valence electrons. The number of anilines is 1. The first-order valence-corrected chi connectivity index (χ1v) is 9.29. The number of halogens is 1. The maximum Gasteiger partial charge on any atom is 0.220 e. The maximum atomic E-state index is 13.6. The van der Waals surface area contributed by atoms with Gasteiger partial charge in [-0.25, -0.2) is 4.39 Å². The summed E-state index contributed by atoms with van der Waals surface area (Å²) in [5.74, 6) is 0.269. The van der Waals surface area contributed by atoms with Gasteiger partial charge in [-0.3, -0.25) is 9.78 Å². The first kappa shape index (κ1) is 18.4. The van der Waals surface area contributed by atoms with E-state index < -0.39 is 0 Å². The molecule has 1 aliphatic heterocycles. The molecule has 0 radical (unpaired) electrons. The second-order valence-electron chi connectivity index (χ2n) is 6.98. The highest BCUT2D eigenvalue weighted by Gasteiger charge is 2.20. The molecule has 0 bridgehead atoms. The number of nitrogens with zero attached hydrogens (tertiary/aromatic N) is 2. The molecular weight excluding hydrogens is 329 g/mol. The van der Waals surface area contributed by atoms with Crippen molar-refractivity contribution in [3.63, 3.8) is 0 Å². The van der Waals surface area contributed by atoms with Gasteiger partial charge in [-0.15, -0.1) is 0 Å². The molecule has 0 spiro atoms. The largest absolute Gasteiger partial charge is 0.371 e. The van der Waals surface area contributed by atoms with Gasteiger partial charge in [0.05, 0.1) is 0 Å². The fourth-order valence-electron chi connectivity index (χ4n) is 3.42. The lowest BCUT2D eigenvalue weighted by atomic mass is 9.96. The zero-order valence-corrected chi connectivity index (χ0v) is 15.2. The SMILES string of the molecule is Cc1cc(N2CCC(CNC(=O)CCc3ccccc3F)CC2)ccn1. The predicted octanol–water partition coefficient (Wildman–Crippen LogP) is 3.49.